The van der Waals surface area contributed by atoms with Crippen molar-refractivity contribution < 1.29 is 19.9 Å². The third-order valence-corrected chi connectivity index (χ3v) is 5.37. The van der Waals surface area contributed by atoms with Gasteiger partial charge >= 0.3 is 5.97 Å². The van der Waals surface area contributed by atoms with Gasteiger partial charge in [0.2, 0.25) is 0 Å². The number of nitro benzene ring substituents is 1. The second-order valence-corrected chi connectivity index (χ2v) is 7.44. The lowest BCUT2D eigenvalue weighted by molar-refractivity contribution is -0.385. The Morgan fingerprint density at radius 2 is 1.86 bits per heavy atom. The standard InChI is InChI=1S/C21H18N2O5S/c1-13-5-8-16(9-6-13)29-19-10-7-15(23(27)28)11-14(19)12-22-18-4-2-3-17(20(18)24)21(25)26/h2-11,22,24H,12H2,1H3,(H,25,26). The average molecular weight is 410 g/mol. The van der Waals surface area contributed by atoms with Gasteiger partial charge in [0.25, 0.3) is 5.69 Å². The zero-order valence-electron chi connectivity index (χ0n) is 15.5. The Kier molecular flexibility index (Phi) is 6.04. The molecule has 0 atom stereocenters. The molecular formula is C21H18N2O5S. The predicted octanol–water partition coefficient (Wildman–Crippen LogP) is 5.07. The van der Waals surface area contributed by atoms with Crippen LogP contribution in [0.25, 0.3) is 0 Å². The van der Waals surface area contributed by atoms with Crippen LogP contribution in [0.1, 0.15) is 21.5 Å². The molecular weight excluding hydrogens is 392 g/mol. The van der Waals surface area contributed by atoms with Crippen molar-refractivity contribution in [1.29, 1.82) is 0 Å². The van der Waals surface area contributed by atoms with E-state index in [0.29, 0.717) is 5.56 Å². The molecule has 7 nitrogen and oxygen atoms in total. The molecule has 0 amide bonds. The smallest absolute Gasteiger partial charge is 0.339 e. The Balaban J connectivity index is 1.89. The number of rotatable bonds is 7. The number of para-hydroxylation sites is 1. The summed E-state index contributed by atoms with van der Waals surface area (Å²) in [6.07, 6.45) is 0. The van der Waals surface area contributed by atoms with Crippen molar-refractivity contribution in [3.63, 3.8) is 0 Å². The number of anilines is 1. The molecule has 3 aromatic rings. The van der Waals surface area contributed by atoms with Crippen molar-refractivity contribution in [2.75, 3.05) is 5.32 Å². The van der Waals surface area contributed by atoms with Gasteiger partial charge in [0.15, 0.2) is 5.75 Å². The molecule has 0 unspecified atom stereocenters. The lowest BCUT2D eigenvalue weighted by atomic mass is 10.1. The van der Waals surface area contributed by atoms with Gasteiger partial charge in [-0.05, 0) is 42.8 Å². The first kappa shape index (κ1) is 20.2. The first-order chi connectivity index (χ1) is 13.8. The third-order valence-electron chi connectivity index (χ3n) is 4.24. The number of benzene rings is 3. The van der Waals surface area contributed by atoms with E-state index in [1.165, 1.54) is 36.0 Å². The molecule has 3 rings (SSSR count). The quantitative estimate of drug-likeness (QED) is 0.283. The molecule has 0 bridgehead atoms. The number of nitrogens with zero attached hydrogens (tertiary/aromatic N) is 1. The number of hydrogen-bond acceptors (Lipinski definition) is 6. The topological polar surface area (TPSA) is 113 Å². The van der Waals surface area contributed by atoms with Gasteiger partial charge in [-0.3, -0.25) is 10.1 Å². The summed E-state index contributed by atoms with van der Waals surface area (Å²) in [4.78, 5) is 23.7. The van der Waals surface area contributed by atoms with E-state index in [9.17, 15) is 20.0 Å². The molecule has 8 heteroatoms. The molecule has 0 spiro atoms. The highest BCUT2D eigenvalue weighted by Gasteiger charge is 2.15. The first-order valence-corrected chi connectivity index (χ1v) is 9.48. The Bertz CT molecular complexity index is 1070. The van der Waals surface area contributed by atoms with Crippen LogP contribution in [0.2, 0.25) is 0 Å². The minimum absolute atomic E-state index is 0.0430. The van der Waals surface area contributed by atoms with Crippen LogP contribution in [0, 0.1) is 17.0 Å². The van der Waals surface area contributed by atoms with Gasteiger partial charge in [-0.25, -0.2) is 4.79 Å². The van der Waals surface area contributed by atoms with Crippen LogP contribution in [0.15, 0.2) is 70.5 Å². The largest absolute Gasteiger partial charge is 0.505 e. The van der Waals surface area contributed by atoms with E-state index in [2.05, 4.69) is 5.32 Å². The van der Waals surface area contributed by atoms with E-state index in [1.807, 2.05) is 31.2 Å². The molecule has 0 fully saturated rings. The number of hydrogen-bond donors (Lipinski definition) is 3. The zero-order chi connectivity index (χ0) is 21.0. The maximum Gasteiger partial charge on any atom is 0.339 e. The number of aryl methyl sites for hydroxylation is 1. The molecule has 0 aromatic heterocycles. The van der Waals surface area contributed by atoms with E-state index in [4.69, 9.17) is 5.11 Å². The Hall–Kier alpha value is -3.52. The highest BCUT2D eigenvalue weighted by molar-refractivity contribution is 7.99. The lowest BCUT2D eigenvalue weighted by Crippen LogP contribution is -2.04. The fourth-order valence-corrected chi connectivity index (χ4v) is 3.62. The van der Waals surface area contributed by atoms with Gasteiger partial charge in [0.1, 0.15) is 5.56 Å². The van der Waals surface area contributed by atoms with Crippen LogP contribution >= 0.6 is 11.8 Å². The number of carboxylic acid groups (broad SMARTS) is 1. The summed E-state index contributed by atoms with van der Waals surface area (Å²) < 4.78 is 0. The summed E-state index contributed by atoms with van der Waals surface area (Å²) in [6, 6.07) is 16.9. The van der Waals surface area contributed by atoms with E-state index in [1.54, 1.807) is 12.1 Å². The first-order valence-electron chi connectivity index (χ1n) is 8.66. The number of phenols is 1. The van der Waals surface area contributed by atoms with Gasteiger partial charge in [-0.15, -0.1) is 0 Å². The molecule has 3 N–H and O–H groups in total. The molecule has 0 aliphatic rings. The SMILES string of the molecule is Cc1ccc(Sc2ccc([N+](=O)[O-])cc2CNc2cccc(C(=O)O)c2O)cc1. The average Bonchev–Trinajstić information content (AvgIpc) is 2.69. The monoisotopic (exact) mass is 410 g/mol. The second kappa shape index (κ2) is 8.66. The van der Waals surface area contributed by atoms with Crippen molar-refractivity contribution in [2.45, 2.75) is 23.3 Å². The minimum Gasteiger partial charge on any atom is -0.505 e. The van der Waals surface area contributed by atoms with Crippen LogP contribution in [0.5, 0.6) is 5.75 Å². The molecule has 0 aliphatic heterocycles. The summed E-state index contributed by atoms with van der Waals surface area (Å²) in [5.74, 6) is -1.62. The Labute approximate surface area is 171 Å². The maximum absolute atomic E-state index is 11.2. The fourth-order valence-electron chi connectivity index (χ4n) is 2.70. The molecule has 0 radical (unpaired) electrons. The van der Waals surface area contributed by atoms with Crippen LogP contribution in [-0.4, -0.2) is 21.1 Å². The zero-order valence-corrected chi connectivity index (χ0v) is 16.3. The summed E-state index contributed by atoms with van der Waals surface area (Å²) >= 11 is 1.47. The molecule has 0 heterocycles. The van der Waals surface area contributed by atoms with Gasteiger partial charge in [-0.1, -0.05) is 35.5 Å². The van der Waals surface area contributed by atoms with Crippen molar-refractivity contribution in [3.05, 3.63) is 87.5 Å². The number of carbonyl (C=O) groups is 1. The van der Waals surface area contributed by atoms with Crippen LogP contribution in [0.3, 0.4) is 0 Å². The van der Waals surface area contributed by atoms with Gasteiger partial charge in [-0.2, -0.15) is 0 Å². The molecule has 3 aromatic carbocycles. The van der Waals surface area contributed by atoms with Crippen molar-refractivity contribution in [1.82, 2.24) is 0 Å². The summed E-state index contributed by atoms with van der Waals surface area (Å²) in [5, 5.41) is 33.4. The lowest BCUT2D eigenvalue weighted by Gasteiger charge is -2.13. The van der Waals surface area contributed by atoms with E-state index < -0.39 is 10.9 Å². The Morgan fingerprint density at radius 1 is 1.14 bits per heavy atom. The minimum atomic E-state index is -1.24. The maximum atomic E-state index is 11.2. The number of nitro groups is 1. The highest BCUT2D eigenvalue weighted by Crippen LogP contribution is 2.34. The summed E-state index contributed by atoms with van der Waals surface area (Å²) in [6.45, 7) is 2.17. The normalized spacial score (nSPS) is 10.5. The van der Waals surface area contributed by atoms with E-state index in [0.717, 1.165) is 15.4 Å². The number of aromatic hydroxyl groups is 1. The summed E-state index contributed by atoms with van der Waals surface area (Å²) in [7, 11) is 0. The van der Waals surface area contributed by atoms with Crippen LogP contribution in [-0.2, 0) is 6.54 Å². The van der Waals surface area contributed by atoms with Crippen molar-refractivity contribution >= 4 is 29.1 Å². The van der Waals surface area contributed by atoms with Gasteiger partial charge < -0.3 is 15.5 Å². The van der Waals surface area contributed by atoms with Crippen molar-refractivity contribution in [2.24, 2.45) is 0 Å². The third kappa shape index (κ3) is 4.85. The number of aromatic carboxylic acids is 1. The number of non-ortho nitro benzene ring substituents is 1. The number of nitrogens with one attached hydrogen (secondary N) is 1. The van der Waals surface area contributed by atoms with Crippen LogP contribution in [0.4, 0.5) is 11.4 Å². The van der Waals surface area contributed by atoms with Crippen molar-refractivity contribution in [3.8, 4) is 5.75 Å². The van der Waals surface area contributed by atoms with Crippen LogP contribution < -0.4 is 5.32 Å². The van der Waals surface area contributed by atoms with Gasteiger partial charge in [0, 0.05) is 28.5 Å². The summed E-state index contributed by atoms with van der Waals surface area (Å²) in [5.41, 5.74) is 1.77. The molecule has 29 heavy (non-hydrogen) atoms. The second-order valence-electron chi connectivity index (χ2n) is 6.32. The Morgan fingerprint density at radius 3 is 2.52 bits per heavy atom. The molecule has 0 saturated heterocycles. The van der Waals surface area contributed by atoms with Gasteiger partial charge in [0.05, 0.1) is 10.6 Å². The molecule has 0 saturated carbocycles. The number of carboxylic acids is 1. The van der Waals surface area contributed by atoms with E-state index >= 15 is 0 Å². The fraction of sp³-hybridized carbons (Fsp3) is 0.0952. The highest BCUT2D eigenvalue weighted by atomic mass is 32.2. The molecule has 148 valence electrons. The molecule has 0 aliphatic carbocycles. The van der Waals surface area contributed by atoms with E-state index in [-0.39, 0.29) is 29.2 Å². The predicted molar refractivity (Wildman–Crippen MR) is 111 cm³/mol.